The lowest BCUT2D eigenvalue weighted by molar-refractivity contribution is 0.707. The van der Waals surface area contributed by atoms with Gasteiger partial charge in [-0.3, -0.25) is 0 Å². The maximum Gasteiger partial charge on any atom is 0.159 e. The van der Waals surface area contributed by atoms with E-state index in [2.05, 4.69) is 16.3 Å². The molecule has 2 aromatic rings. The summed E-state index contributed by atoms with van der Waals surface area (Å²) in [4.78, 5) is 4.53. The Bertz CT molecular complexity index is 523. The molecule has 1 aliphatic rings. The van der Waals surface area contributed by atoms with Gasteiger partial charge in [-0.25, -0.2) is 9.50 Å². The minimum absolute atomic E-state index is 0.0164. The van der Waals surface area contributed by atoms with Crippen LogP contribution in [-0.2, 0) is 0 Å². The van der Waals surface area contributed by atoms with Crippen molar-refractivity contribution >= 4 is 5.65 Å². The van der Waals surface area contributed by atoms with E-state index < -0.39 is 0 Å². The van der Waals surface area contributed by atoms with E-state index in [1.165, 1.54) is 31.2 Å². The van der Waals surface area contributed by atoms with Crippen LogP contribution in [0.4, 0.5) is 0 Å². The average molecular weight is 230 g/mol. The van der Waals surface area contributed by atoms with E-state index in [1.807, 2.05) is 23.8 Å². The van der Waals surface area contributed by atoms with Crippen LogP contribution in [0, 0.1) is 0 Å². The Morgan fingerprint density at radius 1 is 1.35 bits per heavy atom. The van der Waals surface area contributed by atoms with Gasteiger partial charge in [-0.05, 0) is 31.2 Å². The van der Waals surface area contributed by atoms with Crippen molar-refractivity contribution in [2.75, 3.05) is 0 Å². The topological polar surface area (TPSA) is 56.2 Å². The highest BCUT2D eigenvalue weighted by Crippen LogP contribution is 2.33. The molecule has 1 fully saturated rings. The number of rotatable bonds is 2. The molecule has 2 heterocycles. The maximum atomic E-state index is 5.89. The van der Waals surface area contributed by atoms with Gasteiger partial charge in [0.05, 0.1) is 6.20 Å². The van der Waals surface area contributed by atoms with Gasteiger partial charge in [0.1, 0.15) is 0 Å². The molecule has 2 N–H and O–H groups in total. The summed E-state index contributed by atoms with van der Waals surface area (Å²) in [5.41, 5.74) is 9.11. The largest absolute Gasteiger partial charge is 0.324 e. The molecule has 1 aliphatic carbocycles. The van der Waals surface area contributed by atoms with Gasteiger partial charge in [-0.15, -0.1) is 0 Å². The van der Waals surface area contributed by atoms with Crippen molar-refractivity contribution in [1.82, 2.24) is 14.6 Å². The van der Waals surface area contributed by atoms with Gasteiger partial charge in [0.15, 0.2) is 5.65 Å². The number of nitrogens with zero attached hydrogens (tertiary/aromatic N) is 3. The monoisotopic (exact) mass is 230 g/mol. The Morgan fingerprint density at radius 2 is 2.12 bits per heavy atom. The van der Waals surface area contributed by atoms with E-state index in [-0.39, 0.29) is 6.04 Å². The summed E-state index contributed by atoms with van der Waals surface area (Å²) in [6, 6.07) is -0.0164. The Morgan fingerprint density at radius 3 is 2.82 bits per heavy atom. The van der Waals surface area contributed by atoms with Crippen LogP contribution >= 0.6 is 0 Å². The zero-order valence-corrected chi connectivity index (χ0v) is 10.1. The lowest BCUT2D eigenvalue weighted by Crippen LogP contribution is -2.05. The third kappa shape index (κ3) is 1.82. The molecule has 1 unspecified atom stereocenters. The molecule has 3 rings (SSSR count). The lowest BCUT2D eigenvalue weighted by atomic mass is 10.0. The summed E-state index contributed by atoms with van der Waals surface area (Å²) in [6.45, 7) is 1.96. The molecule has 90 valence electrons. The van der Waals surface area contributed by atoms with Gasteiger partial charge in [0.25, 0.3) is 0 Å². The van der Waals surface area contributed by atoms with Gasteiger partial charge < -0.3 is 5.73 Å². The summed E-state index contributed by atoms with van der Waals surface area (Å²) in [5, 5.41) is 4.35. The highest BCUT2D eigenvalue weighted by atomic mass is 15.2. The molecule has 4 nitrogen and oxygen atoms in total. The van der Waals surface area contributed by atoms with Gasteiger partial charge >= 0.3 is 0 Å². The van der Waals surface area contributed by atoms with E-state index in [1.54, 1.807) is 0 Å². The van der Waals surface area contributed by atoms with Crippen molar-refractivity contribution in [3.8, 4) is 0 Å². The average Bonchev–Trinajstić information content (AvgIpc) is 2.97. The van der Waals surface area contributed by atoms with Crippen LogP contribution in [0.3, 0.4) is 0 Å². The summed E-state index contributed by atoms with van der Waals surface area (Å²) in [5.74, 6) is 0.676. The Hall–Kier alpha value is -1.42. The van der Waals surface area contributed by atoms with Crippen molar-refractivity contribution in [2.45, 2.75) is 44.6 Å². The van der Waals surface area contributed by atoms with Crippen molar-refractivity contribution in [1.29, 1.82) is 0 Å². The third-order valence-electron chi connectivity index (χ3n) is 3.72. The first-order chi connectivity index (χ1) is 8.25. The first-order valence-electron chi connectivity index (χ1n) is 6.34. The molecular weight excluding hydrogens is 212 g/mol. The fourth-order valence-corrected chi connectivity index (χ4v) is 2.70. The smallest absolute Gasteiger partial charge is 0.159 e. The van der Waals surface area contributed by atoms with Crippen LogP contribution in [0.15, 0.2) is 18.6 Å². The molecular formula is C13H18N4. The number of fused-ring (bicyclic) bond motifs is 1. The molecule has 0 aromatic carbocycles. The molecule has 17 heavy (non-hydrogen) atoms. The molecule has 1 saturated carbocycles. The van der Waals surface area contributed by atoms with E-state index in [4.69, 9.17) is 5.73 Å². The molecule has 0 bridgehead atoms. The van der Waals surface area contributed by atoms with Crippen molar-refractivity contribution in [2.24, 2.45) is 5.73 Å². The SMILES string of the molecule is CC(N)c1cnn2cc(C3CCCC3)cnc12. The van der Waals surface area contributed by atoms with Gasteiger partial charge in [0, 0.05) is 24.0 Å². The van der Waals surface area contributed by atoms with Gasteiger partial charge in [0.2, 0.25) is 0 Å². The molecule has 0 spiro atoms. The predicted molar refractivity (Wildman–Crippen MR) is 66.8 cm³/mol. The minimum Gasteiger partial charge on any atom is -0.324 e. The van der Waals surface area contributed by atoms with Crippen LogP contribution in [-0.4, -0.2) is 14.6 Å². The van der Waals surface area contributed by atoms with Crippen LogP contribution in [0.1, 0.15) is 55.7 Å². The van der Waals surface area contributed by atoms with E-state index >= 15 is 0 Å². The maximum absolute atomic E-state index is 5.89. The summed E-state index contributed by atoms with van der Waals surface area (Å²) in [6.07, 6.45) is 11.2. The molecule has 2 aromatic heterocycles. The van der Waals surface area contributed by atoms with Gasteiger partial charge in [-0.2, -0.15) is 5.10 Å². The molecule has 0 aliphatic heterocycles. The van der Waals surface area contributed by atoms with Crippen LogP contribution in [0.5, 0.6) is 0 Å². The van der Waals surface area contributed by atoms with Crippen LogP contribution < -0.4 is 5.73 Å². The highest BCUT2D eigenvalue weighted by molar-refractivity contribution is 5.48. The zero-order chi connectivity index (χ0) is 11.8. The first kappa shape index (κ1) is 10.7. The fraction of sp³-hybridized carbons (Fsp3) is 0.538. The van der Waals surface area contributed by atoms with Crippen LogP contribution in [0.2, 0.25) is 0 Å². The molecule has 4 heteroatoms. The fourth-order valence-electron chi connectivity index (χ4n) is 2.70. The first-order valence-corrected chi connectivity index (χ1v) is 6.34. The second kappa shape index (κ2) is 4.11. The quantitative estimate of drug-likeness (QED) is 0.862. The number of aromatic nitrogens is 3. The number of hydrogen-bond donors (Lipinski definition) is 1. The van der Waals surface area contributed by atoms with Crippen molar-refractivity contribution < 1.29 is 0 Å². The van der Waals surface area contributed by atoms with E-state index in [0.29, 0.717) is 5.92 Å². The molecule has 0 radical (unpaired) electrons. The molecule has 0 saturated heterocycles. The predicted octanol–water partition coefficient (Wildman–Crippen LogP) is 2.41. The van der Waals surface area contributed by atoms with E-state index in [9.17, 15) is 0 Å². The normalized spacial score (nSPS) is 18.9. The molecule has 0 amide bonds. The second-order valence-corrected chi connectivity index (χ2v) is 5.03. The van der Waals surface area contributed by atoms with Crippen molar-refractivity contribution in [3.63, 3.8) is 0 Å². The number of nitrogens with two attached hydrogens (primary N) is 1. The van der Waals surface area contributed by atoms with Crippen molar-refractivity contribution in [3.05, 3.63) is 29.7 Å². The summed E-state index contributed by atoms with van der Waals surface area (Å²) >= 11 is 0. The van der Waals surface area contributed by atoms with Crippen LogP contribution in [0.25, 0.3) is 5.65 Å². The second-order valence-electron chi connectivity index (χ2n) is 5.03. The highest BCUT2D eigenvalue weighted by Gasteiger charge is 2.18. The Labute approximate surface area is 101 Å². The Balaban J connectivity index is 2.02. The standard InChI is InChI=1S/C13H18N4/c1-9(14)12-7-16-17-8-11(6-15-13(12)17)10-4-2-3-5-10/h6-10H,2-5,14H2,1H3. The summed E-state index contributed by atoms with van der Waals surface area (Å²) in [7, 11) is 0. The minimum atomic E-state index is -0.0164. The number of hydrogen-bond acceptors (Lipinski definition) is 3. The van der Waals surface area contributed by atoms with E-state index in [0.717, 1.165) is 11.2 Å². The van der Waals surface area contributed by atoms with Gasteiger partial charge in [-0.1, -0.05) is 12.8 Å². The lowest BCUT2D eigenvalue weighted by Gasteiger charge is -2.09. The third-order valence-corrected chi connectivity index (χ3v) is 3.72. The zero-order valence-electron chi connectivity index (χ0n) is 10.1. The molecule has 1 atom stereocenters. The summed E-state index contributed by atoms with van der Waals surface area (Å²) < 4.78 is 1.87. The Kier molecular flexibility index (Phi) is 2.59.